The molecule has 0 saturated heterocycles. The molecular weight excluding hydrogens is 548 g/mol. The molecule has 1 aliphatic heterocycles. The highest BCUT2D eigenvalue weighted by Gasteiger charge is 2.33. The second-order valence-electron chi connectivity index (χ2n) is 7.81. The fraction of sp³-hybridized carbons (Fsp3) is 0.269. The van der Waals surface area contributed by atoms with Crippen molar-refractivity contribution in [3.8, 4) is 17.2 Å². The van der Waals surface area contributed by atoms with Gasteiger partial charge in [0.15, 0.2) is 16.3 Å². The van der Waals surface area contributed by atoms with Gasteiger partial charge in [0, 0.05) is 0 Å². The van der Waals surface area contributed by atoms with E-state index in [-0.39, 0.29) is 12.2 Å². The number of thiazole rings is 1. The fourth-order valence-corrected chi connectivity index (χ4v) is 5.73. The molecule has 4 rings (SSSR count). The maximum Gasteiger partial charge on any atom is 0.338 e. The third-order valence-electron chi connectivity index (χ3n) is 5.70. The van der Waals surface area contributed by atoms with E-state index in [2.05, 4.69) is 20.9 Å². The predicted molar refractivity (Wildman–Crippen MR) is 141 cm³/mol. The molecule has 0 amide bonds. The Balaban J connectivity index is 1.93. The van der Waals surface area contributed by atoms with E-state index in [0.717, 1.165) is 11.1 Å². The van der Waals surface area contributed by atoms with Crippen molar-refractivity contribution in [3.05, 3.63) is 83.0 Å². The number of carbonyl (C=O) groups excluding carboxylic acids is 1. The molecule has 0 fully saturated rings. The summed E-state index contributed by atoms with van der Waals surface area (Å²) in [5, 5.41) is 0. The van der Waals surface area contributed by atoms with Gasteiger partial charge in [-0.25, -0.2) is 9.79 Å². The first-order valence-electron chi connectivity index (χ1n) is 11.1. The largest absolute Gasteiger partial charge is 0.497 e. The van der Waals surface area contributed by atoms with E-state index in [1.165, 1.54) is 11.3 Å². The van der Waals surface area contributed by atoms with Gasteiger partial charge in [0.1, 0.15) is 5.75 Å². The molecular formula is C26H25BrN2O6S. The number of benzene rings is 2. The molecule has 0 unspecified atom stereocenters. The lowest BCUT2D eigenvalue weighted by Gasteiger charge is -2.24. The van der Waals surface area contributed by atoms with E-state index < -0.39 is 12.0 Å². The zero-order valence-electron chi connectivity index (χ0n) is 20.5. The number of hydrogen-bond acceptors (Lipinski definition) is 8. The van der Waals surface area contributed by atoms with Gasteiger partial charge in [0.05, 0.1) is 54.3 Å². The molecule has 0 aliphatic carbocycles. The second-order valence-corrected chi connectivity index (χ2v) is 9.68. The summed E-state index contributed by atoms with van der Waals surface area (Å²) in [7, 11) is 4.69. The van der Waals surface area contributed by atoms with Crippen LogP contribution in [0.3, 0.4) is 0 Å². The number of esters is 1. The zero-order valence-corrected chi connectivity index (χ0v) is 22.9. The van der Waals surface area contributed by atoms with Gasteiger partial charge in [-0.1, -0.05) is 23.5 Å². The number of aromatic nitrogens is 1. The predicted octanol–water partition coefficient (Wildman–Crippen LogP) is 3.59. The van der Waals surface area contributed by atoms with Gasteiger partial charge in [0.2, 0.25) is 0 Å². The average Bonchev–Trinajstić information content (AvgIpc) is 3.17. The van der Waals surface area contributed by atoms with Gasteiger partial charge < -0.3 is 18.9 Å². The van der Waals surface area contributed by atoms with Crippen molar-refractivity contribution < 1.29 is 23.7 Å². The molecule has 0 saturated carbocycles. The monoisotopic (exact) mass is 572 g/mol. The third-order valence-corrected chi connectivity index (χ3v) is 7.27. The Morgan fingerprint density at radius 1 is 1.14 bits per heavy atom. The first-order chi connectivity index (χ1) is 17.3. The highest BCUT2D eigenvalue weighted by atomic mass is 79.9. The molecule has 3 aromatic rings. The van der Waals surface area contributed by atoms with Crippen LogP contribution >= 0.6 is 27.3 Å². The van der Waals surface area contributed by atoms with E-state index in [0.29, 0.717) is 42.3 Å². The van der Waals surface area contributed by atoms with Crippen LogP contribution in [0.5, 0.6) is 17.2 Å². The van der Waals surface area contributed by atoms with Crippen LogP contribution in [0.4, 0.5) is 0 Å². The number of allylic oxidation sites excluding steroid dienone is 1. The van der Waals surface area contributed by atoms with Gasteiger partial charge in [-0.3, -0.25) is 9.36 Å². The smallest absolute Gasteiger partial charge is 0.338 e. The lowest BCUT2D eigenvalue weighted by molar-refractivity contribution is -0.139. The zero-order chi connectivity index (χ0) is 26.0. The molecule has 1 aliphatic rings. The molecule has 0 spiro atoms. The molecule has 0 N–H and O–H groups in total. The Morgan fingerprint density at radius 2 is 1.86 bits per heavy atom. The minimum Gasteiger partial charge on any atom is -0.497 e. The Bertz CT molecular complexity index is 1520. The normalized spacial score (nSPS) is 15.3. The summed E-state index contributed by atoms with van der Waals surface area (Å²) in [6.45, 7) is 3.71. The van der Waals surface area contributed by atoms with Crippen molar-refractivity contribution in [2.24, 2.45) is 4.99 Å². The summed E-state index contributed by atoms with van der Waals surface area (Å²) in [6.07, 6.45) is 1.77. The number of rotatable bonds is 7. The van der Waals surface area contributed by atoms with Gasteiger partial charge in [0.25, 0.3) is 5.56 Å². The summed E-state index contributed by atoms with van der Waals surface area (Å²) in [4.78, 5) is 31.8. The van der Waals surface area contributed by atoms with Crippen LogP contribution in [0.15, 0.2) is 61.9 Å². The van der Waals surface area contributed by atoms with E-state index in [9.17, 15) is 9.59 Å². The lowest BCUT2D eigenvalue weighted by atomic mass is 9.96. The Hall–Kier alpha value is -3.37. The first kappa shape index (κ1) is 25.7. The van der Waals surface area contributed by atoms with Gasteiger partial charge in [-0.15, -0.1) is 0 Å². The summed E-state index contributed by atoms with van der Waals surface area (Å²) < 4.78 is 24.1. The Kier molecular flexibility index (Phi) is 7.65. The van der Waals surface area contributed by atoms with Gasteiger partial charge >= 0.3 is 5.97 Å². The van der Waals surface area contributed by atoms with Crippen LogP contribution in [0.2, 0.25) is 0 Å². The van der Waals surface area contributed by atoms with Crippen molar-refractivity contribution in [1.82, 2.24) is 4.57 Å². The van der Waals surface area contributed by atoms with Crippen LogP contribution in [-0.4, -0.2) is 38.5 Å². The van der Waals surface area contributed by atoms with Crippen LogP contribution in [0.1, 0.15) is 31.0 Å². The topological polar surface area (TPSA) is 88.4 Å². The van der Waals surface area contributed by atoms with E-state index >= 15 is 0 Å². The summed E-state index contributed by atoms with van der Waals surface area (Å²) in [5.74, 6) is 1.26. The molecule has 1 aromatic heterocycles. The molecule has 0 radical (unpaired) electrons. The molecule has 1 atom stereocenters. The highest BCUT2D eigenvalue weighted by molar-refractivity contribution is 9.10. The number of hydrogen-bond donors (Lipinski definition) is 0. The van der Waals surface area contributed by atoms with Crippen molar-refractivity contribution in [3.63, 3.8) is 0 Å². The summed E-state index contributed by atoms with van der Waals surface area (Å²) >= 11 is 4.75. The van der Waals surface area contributed by atoms with Crippen molar-refractivity contribution in [2.45, 2.75) is 19.9 Å². The molecule has 0 bridgehead atoms. The fourth-order valence-electron chi connectivity index (χ4n) is 4.07. The van der Waals surface area contributed by atoms with Crippen molar-refractivity contribution >= 4 is 39.3 Å². The average molecular weight is 573 g/mol. The van der Waals surface area contributed by atoms with E-state index in [1.54, 1.807) is 64.0 Å². The minimum absolute atomic E-state index is 0.212. The van der Waals surface area contributed by atoms with Gasteiger partial charge in [-0.2, -0.15) is 0 Å². The van der Waals surface area contributed by atoms with Crippen LogP contribution in [0.25, 0.3) is 6.08 Å². The Morgan fingerprint density at radius 3 is 2.47 bits per heavy atom. The number of carbonyl (C=O) groups is 1. The maximum absolute atomic E-state index is 13.7. The lowest BCUT2D eigenvalue weighted by Crippen LogP contribution is -2.39. The van der Waals surface area contributed by atoms with Gasteiger partial charge in [-0.05, 0) is 71.2 Å². The highest BCUT2D eigenvalue weighted by Crippen LogP contribution is 2.36. The number of halogens is 1. The quantitative estimate of drug-likeness (QED) is 0.402. The maximum atomic E-state index is 13.7. The number of nitrogens with zero attached hydrogens (tertiary/aromatic N) is 2. The summed E-state index contributed by atoms with van der Waals surface area (Å²) in [5.41, 5.74) is 2.06. The Labute approximate surface area is 220 Å². The second kappa shape index (κ2) is 10.7. The third kappa shape index (κ3) is 4.70. The van der Waals surface area contributed by atoms with E-state index in [1.807, 2.05) is 18.2 Å². The molecule has 2 aromatic carbocycles. The van der Waals surface area contributed by atoms with Crippen LogP contribution in [-0.2, 0) is 9.53 Å². The number of ether oxygens (including phenoxy) is 4. The van der Waals surface area contributed by atoms with E-state index in [4.69, 9.17) is 18.9 Å². The summed E-state index contributed by atoms with van der Waals surface area (Å²) in [6, 6.07) is 10.2. The first-order valence-corrected chi connectivity index (χ1v) is 12.7. The molecule has 188 valence electrons. The SMILES string of the molecule is CCOC(=O)C1=C(C)N=c2s/c(=C\c3cc(Br)c(OC)c(OC)c3)c(=O)n2[C@H]1c1ccc(OC)cc1. The van der Waals surface area contributed by atoms with Crippen LogP contribution < -0.4 is 29.1 Å². The minimum atomic E-state index is -0.689. The van der Waals surface area contributed by atoms with Crippen molar-refractivity contribution in [2.75, 3.05) is 27.9 Å². The molecule has 10 heteroatoms. The number of fused-ring (bicyclic) bond motifs is 1. The number of methoxy groups -OCH3 is 3. The molecule has 36 heavy (non-hydrogen) atoms. The molecule has 8 nitrogen and oxygen atoms in total. The molecule has 2 heterocycles. The standard InChI is InChI=1S/C26H25BrN2O6S/c1-6-35-25(31)21-14(2)28-26-29(22(21)16-7-9-17(32-3)10-8-16)24(30)20(36-26)13-15-11-18(27)23(34-5)19(12-15)33-4/h7-13,22H,6H2,1-5H3/b20-13-/t22-/m0/s1. The van der Waals surface area contributed by atoms with Crippen molar-refractivity contribution in [1.29, 1.82) is 0 Å². The van der Waals surface area contributed by atoms with Crippen LogP contribution in [0, 0.1) is 0 Å².